The van der Waals surface area contributed by atoms with Gasteiger partial charge in [0, 0.05) is 12.6 Å². The molecule has 0 aliphatic heterocycles. The molecule has 2 rings (SSSR count). The van der Waals surface area contributed by atoms with Gasteiger partial charge in [-0.1, -0.05) is 6.92 Å². The Morgan fingerprint density at radius 2 is 2.43 bits per heavy atom. The Labute approximate surface area is 80.4 Å². The summed E-state index contributed by atoms with van der Waals surface area (Å²) in [5.74, 6) is 0.711. The average molecular weight is 190 g/mol. The van der Waals surface area contributed by atoms with Crippen LogP contribution >= 0.6 is 0 Å². The molecule has 0 aromatic carbocycles. The monoisotopic (exact) mass is 190 g/mol. The van der Waals surface area contributed by atoms with E-state index in [0.717, 1.165) is 5.69 Å². The third-order valence-electron chi connectivity index (χ3n) is 1.92. The number of hydrogen-bond acceptors (Lipinski definition) is 3. The number of nitrogens with one attached hydrogen (secondary N) is 1. The van der Waals surface area contributed by atoms with Crippen molar-refractivity contribution in [2.45, 2.75) is 13.3 Å². The summed E-state index contributed by atoms with van der Waals surface area (Å²) in [7, 11) is 0. The van der Waals surface area contributed by atoms with Crippen LogP contribution in [-0.4, -0.2) is 19.7 Å². The first-order valence-corrected chi connectivity index (χ1v) is 4.39. The second kappa shape index (κ2) is 3.45. The molecule has 0 aliphatic carbocycles. The van der Waals surface area contributed by atoms with E-state index in [0.29, 0.717) is 12.2 Å². The van der Waals surface area contributed by atoms with Gasteiger partial charge in [-0.05, 0) is 12.1 Å². The lowest BCUT2D eigenvalue weighted by Crippen LogP contribution is -2.05. The molecule has 14 heavy (non-hydrogen) atoms. The highest BCUT2D eigenvalue weighted by atomic mass is 16.1. The summed E-state index contributed by atoms with van der Waals surface area (Å²) in [6.45, 7) is 1.95. The SMILES string of the molecule is CCc1nc(=O)[nH]n1-c1cccnc1. The summed E-state index contributed by atoms with van der Waals surface area (Å²) in [6.07, 6.45) is 4.06. The molecule has 2 aromatic rings. The van der Waals surface area contributed by atoms with Gasteiger partial charge in [-0.2, -0.15) is 4.98 Å². The average Bonchev–Trinajstić information content (AvgIpc) is 2.61. The molecule has 0 unspecified atom stereocenters. The van der Waals surface area contributed by atoms with Gasteiger partial charge in [-0.25, -0.2) is 14.6 Å². The molecule has 0 radical (unpaired) electrons. The number of aryl methyl sites for hydroxylation is 1. The van der Waals surface area contributed by atoms with Crippen LogP contribution in [0.3, 0.4) is 0 Å². The lowest BCUT2D eigenvalue weighted by molar-refractivity contribution is 0.793. The summed E-state index contributed by atoms with van der Waals surface area (Å²) >= 11 is 0. The van der Waals surface area contributed by atoms with Crippen LogP contribution in [0, 0.1) is 0 Å². The molecule has 5 nitrogen and oxygen atoms in total. The number of aromatic nitrogens is 4. The Morgan fingerprint density at radius 3 is 3.07 bits per heavy atom. The van der Waals surface area contributed by atoms with E-state index in [9.17, 15) is 4.79 Å². The van der Waals surface area contributed by atoms with Gasteiger partial charge < -0.3 is 0 Å². The van der Waals surface area contributed by atoms with Crippen LogP contribution in [0.4, 0.5) is 0 Å². The number of aromatic amines is 1. The molecule has 5 heteroatoms. The summed E-state index contributed by atoms with van der Waals surface area (Å²) in [6, 6.07) is 3.68. The molecule has 2 aromatic heterocycles. The van der Waals surface area contributed by atoms with E-state index in [1.54, 1.807) is 17.1 Å². The highest BCUT2D eigenvalue weighted by molar-refractivity contribution is 5.26. The third kappa shape index (κ3) is 1.44. The number of rotatable bonds is 2. The number of H-pyrrole nitrogens is 1. The minimum Gasteiger partial charge on any atom is -0.262 e. The van der Waals surface area contributed by atoms with Gasteiger partial charge in [0.2, 0.25) is 0 Å². The van der Waals surface area contributed by atoms with Crippen LogP contribution in [0.2, 0.25) is 0 Å². The predicted octanol–water partition coefficient (Wildman–Crippen LogP) is 0.518. The molecule has 0 bridgehead atoms. The van der Waals surface area contributed by atoms with E-state index in [4.69, 9.17) is 0 Å². The topological polar surface area (TPSA) is 63.6 Å². The maximum Gasteiger partial charge on any atom is 0.361 e. The van der Waals surface area contributed by atoms with E-state index in [-0.39, 0.29) is 5.69 Å². The van der Waals surface area contributed by atoms with E-state index in [1.165, 1.54) is 0 Å². The van der Waals surface area contributed by atoms with E-state index in [2.05, 4.69) is 15.1 Å². The predicted molar refractivity (Wildman–Crippen MR) is 51.4 cm³/mol. The van der Waals surface area contributed by atoms with Crippen molar-refractivity contribution >= 4 is 0 Å². The van der Waals surface area contributed by atoms with Crippen molar-refractivity contribution in [3.8, 4) is 5.69 Å². The zero-order chi connectivity index (χ0) is 9.97. The van der Waals surface area contributed by atoms with Crippen molar-refractivity contribution in [3.63, 3.8) is 0 Å². The van der Waals surface area contributed by atoms with E-state index >= 15 is 0 Å². The quantitative estimate of drug-likeness (QED) is 0.750. The lowest BCUT2D eigenvalue weighted by atomic mass is 10.4. The second-order valence-electron chi connectivity index (χ2n) is 2.85. The smallest absolute Gasteiger partial charge is 0.262 e. The Kier molecular flexibility index (Phi) is 2.14. The van der Waals surface area contributed by atoms with Gasteiger partial charge in [0.1, 0.15) is 5.82 Å². The fourth-order valence-corrected chi connectivity index (χ4v) is 1.29. The minimum absolute atomic E-state index is 0.328. The normalized spacial score (nSPS) is 10.4. The van der Waals surface area contributed by atoms with Gasteiger partial charge in [0.15, 0.2) is 0 Å². The molecule has 2 heterocycles. The zero-order valence-electron chi connectivity index (χ0n) is 7.77. The van der Waals surface area contributed by atoms with Crippen LogP contribution in [0.5, 0.6) is 0 Å². The van der Waals surface area contributed by atoms with Crippen molar-refractivity contribution in [1.82, 2.24) is 19.7 Å². The van der Waals surface area contributed by atoms with Crippen molar-refractivity contribution in [2.75, 3.05) is 0 Å². The minimum atomic E-state index is -0.328. The lowest BCUT2D eigenvalue weighted by Gasteiger charge is -2.03. The summed E-state index contributed by atoms with van der Waals surface area (Å²) in [5, 5.41) is 2.62. The fraction of sp³-hybridized carbons (Fsp3) is 0.222. The molecule has 72 valence electrons. The molecule has 0 spiro atoms. The first-order valence-electron chi connectivity index (χ1n) is 4.39. The van der Waals surface area contributed by atoms with Crippen molar-refractivity contribution in [2.24, 2.45) is 0 Å². The van der Waals surface area contributed by atoms with Crippen molar-refractivity contribution in [3.05, 3.63) is 40.8 Å². The van der Waals surface area contributed by atoms with Crippen LogP contribution in [-0.2, 0) is 6.42 Å². The Morgan fingerprint density at radius 1 is 1.57 bits per heavy atom. The Hall–Kier alpha value is -1.91. The van der Waals surface area contributed by atoms with Gasteiger partial charge in [-0.3, -0.25) is 4.98 Å². The molecular weight excluding hydrogens is 180 g/mol. The number of pyridine rings is 1. The zero-order valence-corrected chi connectivity index (χ0v) is 7.77. The molecule has 1 N–H and O–H groups in total. The largest absolute Gasteiger partial charge is 0.361 e. The van der Waals surface area contributed by atoms with Crippen LogP contribution in [0.15, 0.2) is 29.3 Å². The van der Waals surface area contributed by atoms with Gasteiger partial charge in [0.05, 0.1) is 11.9 Å². The number of hydrogen-bond donors (Lipinski definition) is 1. The molecule has 0 atom stereocenters. The summed E-state index contributed by atoms with van der Waals surface area (Å²) in [5.41, 5.74) is 0.490. The van der Waals surface area contributed by atoms with Crippen molar-refractivity contribution < 1.29 is 0 Å². The molecule has 0 saturated heterocycles. The highest BCUT2D eigenvalue weighted by Crippen LogP contribution is 2.04. The van der Waals surface area contributed by atoms with Crippen LogP contribution < -0.4 is 5.69 Å². The van der Waals surface area contributed by atoms with E-state index in [1.807, 2.05) is 19.1 Å². The molecule has 0 fully saturated rings. The van der Waals surface area contributed by atoms with E-state index < -0.39 is 0 Å². The maximum atomic E-state index is 11.0. The van der Waals surface area contributed by atoms with Gasteiger partial charge in [0.25, 0.3) is 0 Å². The fourth-order valence-electron chi connectivity index (χ4n) is 1.29. The first-order chi connectivity index (χ1) is 6.81. The van der Waals surface area contributed by atoms with Crippen LogP contribution in [0.1, 0.15) is 12.7 Å². The number of nitrogens with zero attached hydrogens (tertiary/aromatic N) is 3. The Bertz CT molecular complexity index is 471. The summed E-state index contributed by atoms with van der Waals surface area (Å²) in [4.78, 5) is 18.8. The van der Waals surface area contributed by atoms with Crippen LogP contribution in [0.25, 0.3) is 5.69 Å². The summed E-state index contributed by atoms with van der Waals surface area (Å²) < 4.78 is 1.65. The van der Waals surface area contributed by atoms with Gasteiger partial charge in [-0.15, -0.1) is 0 Å². The molecule has 0 amide bonds. The third-order valence-corrected chi connectivity index (χ3v) is 1.92. The van der Waals surface area contributed by atoms with Crippen molar-refractivity contribution in [1.29, 1.82) is 0 Å². The maximum absolute atomic E-state index is 11.0. The molecule has 0 saturated carbocycles. The van der Waals surface area contributed by atoms with Gasteiger partial charge >= 0.3 is 5.69 Å². The molecular formula is C9H10N4O. The second-order valence-corrected chi connectivity index (χ2v) is 2.85. The standard InChI is InChI=1S/C9H10N4O/c1-2-8-11-9(14)12-13(8)7-4-3-5-10-6-7/h3-6H,2H2,1H3,(H,12,14). The highest BCUT2D eigenvalue weighted by Gasteiger charge is 2.05. The first kappa shape index (κ1) is 8.68. The molecule has 0 aliphatic rings. The Balaban J connectivity index is 2.56.